The van der Waals surface area contributed by atoms with Gasteiger partial charge in [-0.2, -0.15) is 5.26 Å². The number of aromatic nitrogens is 2. The van der Waals surface area contributed by atoms with E-state index in [2.05, 4.69) is 61.1 Å². The molecule has 1 fully saturated rings. The van der Waals surface area contributed by atoms with Gasteiger partial charge in [0.2, 0.25) is 0 Å². The number of nitrogens with zero attached hydrogens (tertiary/aromatic N) is 4. The highest BCUT2D eigenvalue weighted by Crippen LogP contribution is 2.51. The average molecular weight is 399 g/mol. The standard InChI is InChI=1S/C18H19BrN6/c19-15-16(22)24-17(13(10-20)23-15)25-7-5-18(6-8-25)9-11-3-1-2-4-12(11)14(18)21/h1-4,14H,5-9,21H2,(H2,22,24)/t14-/m0/s1. The lowest BCUT2D eigenvalue weighted by atomic mass is 9.73. The van der Waals surface area contributed by atoms with Gasteiger partial charge in [-0.3, -0.25) is 0 Å². The third kappa shape index (κ3) is 2.57. The first-order valence-corrected chi connectivity index (χ1v) is 9.15. The smallest absolute Gasteiger partial charge is 0.184 e. The number of hydrogen-bond acceptors (Lipinski definition) is 6. The molecule has 2 aromatic rings. The summed E-state index contributed by atoms with van der Waals surface area (Å²) >= 11 is 3.23. The highest BCUT2D eigenvalue weighted by Gasteiger charge is 2.46. The molecule has 6 nitrogen and oxygen atoms in total. The molecule has 1 saturated heterocycles. The minimum atomic E-state index is 0.0716. The quantitative estimate of drug-likeness (QED) is 0.764. The lowest BCUT2D eigenvalue weighted by Crippen LogP contribution is -2.45. The molecule has 4 N–H and O–H groups in total. The van der Waals surface area contributed by atoms with Crippen molar-refractivity contribution in [2.24, 2.45) is 11.1 Å². The highest BCUT2D eigenvalue weighted by molar-refractivity contribution is 9.10. The second kappa shape index (κ2) is 5.97. The number of piperidine rings is 1. The Morgan fingerprint density at radius 1 is 1.24 bits per heavy atom. The Balaban J connectivity index is 1.58. The summed E-state index contributed by atoms with van der Waals surface area (Å²) in [6.45, 7) is 1.60. The normalized spacial score (nSPS) is 21.2. The van der Waals surface area contributed by atoms with E-state index in [0.717, 1.165) is 32.4 Å². The van der Waals surface area contributed by atoms with Gasteiger partial charge in [-0.05, 0) is 51.7 Å². The van der Waals surface area contributed by atoms with E-state index in [-0.39, 0.29) is 11.5 Å². The van der Waals surface area contributed by atoms with Gasteiger partial charge in [0.1, 0.15) is 10.7 Å². The lowest BCUT2D eigenvalue weighted by Gasteiger charge is -2.42. The van der Waals surface area contributed by atoms with E-state index in [0.29, 0.717) is 21.9 Å². The molecule has 128 valence electrons. The molecule has 1 spiro atoms. The predicted octanol–water partition coefficient (Wildman–Crippen LogP) is 2.54. The van der Waals surface area contributed by atoms with Gasteiger partial charge in [0.05, 0.1) is 0 Å². The molecule has 1 aromatic heterocycles. The zero-order chi connectivity index (χ0) is 17.6. The summed E-state index contributed by atoms with van der Waals surface area (Å²) in [6, 6.07) is 10.7. The summed E-state index contributed by atoms with van der Waals surface area (Å²) in [5.74, 6) is 0.876. The fourth-order valence-electron chi connectivity index (χ4n) is 4.18. The number of benzene rings is 1. The molecule has 0 unspecified atom stereocenters. The van der Waals surface area contributed by atoms with Gasteiger partial charge in [0.25, 0.3) is 0 Å². The first kappa shape index (κ1) is 16.3. The van der Waals surface area contributed by atoms with Crippen LogP contribution in [0.1, 0.15) is 35.7 Å². The van der Waals surface area contributed by atoms with Crippen molar-refractivity contribution < 1.29 is 0 Å². The Labute approximate surface area is 155 Å². The van der Waals surface area contributed by atoms with Gasteiger partial charge in [-0.1, -0.05) is 24.3 Å². The maximum Gasteiger partial charge on any atom is 0.184 e. The maximum atomic E-state index is 9.37. The molecule has 2 aliphatic rings. The van der Waals surface area contributed by atoms with E-state index < -0.39 is 0 Å². The van der Waals surface area contributed by atoms with E-state index in [1.807, 2.05) is 0 Å². The van der Waals surface area contributed by atoms with Gasteiger partial charge in [0, 0.05) is 19.1 Å². The van der Waals surface area contributed by atoms with Crippen molar-refractivity contribution in [3.05, 3.63) is 45.7 Å². The number of fused-ring (bicyclic) bond motifs is 1. The number of nitrogen functional groups attached to an aromatic ring is 1. The van der Waals surface area contributed by atoms with Crippen LogP contribution in [0, 0.1) is 16.7 Å². The van der Waals surface area contributed by atoms with Crippen LogP contribution in [0.5, 0.6) is 0 Å². The summed E-state index contributed by atoms with van der Waals surface area (Å²) in [7, 11) is 0. The van der Waals surface area contributed by atoms with Crippen molar-refractivity contribution in [1.82, 2.24) is 9.97 Å². The summed E-state index contributed by atoms with van der Waals surface area (Å²) in [6.07, 6.45) is 2.95. The first-order chi connectivity index (χ1) is 12.0. The SMILES string of the molecule is N#Cc1nc(Br)c(N)nc1N1CCC2(CC1)Cc1ccccc1[C@@H]2N. The van der Waals surface area contributed by atoms with Crippen molar-refractivity contribution >= 4 is 27.6 Å². The summed E-state index contributed by atoms with van der Waals surface area (Å²) in [5.41, 5.74) is 15.5. The number of halogens is 1. The molecular formula is C18H19BrN6. The first-order valence-electron chi connectivity index (χ1n) is 8.35. The molecule has 0 saturated carbocycles. The summed E-state index contributed by atoms with van der Waals surface area (Å²) < 4.78 is 0.412. The predicted molar refractivity (Wildman–Crippen MR) is 99.8 cm³/mol. The molecule has 1 atom stereocenters. The summed E-state index contributed by atoms with van der Waals surface area (Å²) in [4.78, 5) is 10.7. The number of anilines is 2. The topological polar surface area (TPSA) is 105 Å². The van der Waals surface area contributed by atoms with Crippen LogP contribution >= 0.6 is 15.9 Å². The molecule has 0 bridgehead atoms. The summed E-state index contributed by atoms with van der Waals surface area (Å²) in [5, 5.41) is 9.37. The monoisotopic (exact) mass is 398 g/mol. The lowest BCUT2D eigenvalue weighted by molar-refractivity contribution is 0.187. The van der Waals surface area contributed by atoms with Gasteiger partial charge >= 0.3 is 0 Å². The van der Waals surface area contributed by atoms with E-state index >= 15 is 0 Å². The minimum absolute atomic E-state index is 0.0716. The number of nitriles is 1. The number of hydrogen-bond donors (Lipinski definition) is 2. The molecule has 4 rings (SSSR count). The molecule has 1 aliphatic carbocycles. The fourth-order valence-corrected chi connectivity index (χ4v) is 4.45. The molecule has 0 amide bonds. The van der Waals surface area contributed by atoms with Crippen LogP contribution in [0.25, 0.3) is 0 Å². The molecular weight excluding hydrogens is 380 g/mol. The van der Waals surface area contributed by atoms with Gasteiger partial charge in [-0.25, -0.2) is 9.97 Å². The third-order valence-electron chi connectivity index (χ3n) is 5.62. The second-order valence-corrected chi connectivity index (χ2v) is 7.64. The second-order valence-electron chi connectivity index (χ2n) is 6.89. The molecule has 25 heavy (non-hydrogen) atoms. The van der Waals surface area contributed by atoms with E-state index in [4.69, 9.17) is 11.5 Å². The Morgan fingerprint density at radius 3 is 2.64 bits per heavy atom. The van der Waals surface area contributed by atoms with Gasteiger partial charge in [-0.15, -0.1) is 0 Å². The Bertz CT molecular complexity index is 866. The minimum Gasteiger partial charge on any atom is -0.381 e. The largest absolute Gasteiger partial charge is 0.381 e. The van der Waals surface area contributed by atoms with Crippen molar-refractivity contribution in [2.45, 2.75) is 25.3 Å². The molecule has 0 radical (unpaired) electrons. The average Bonchev–Trinajstić information content (AvgIpc) is 2.90. The zero-order valence-corrected chi connectivity index (χ0v) is 15.3. The molecule has 1 aromatic carbocycles. The van der Waals surface area contributed by atoms with Crippen molar-refractivity contribution in [3.8, 4) is 6.07 Å². The number of rotatable bonds is 1. The van der Waals surface area contributed by atoms with Crippen LogP contribution in [0.2, 0.25) is 0 Å². The highest BCUT2D eigenvalue weighted by atomic mass is 79.9. The van der Waals surface area contributed by atoms with Gasteiger partial charge < -0.3 is 16.4 Å². The van der Waals surface area contributed by atoms with E-state index in [1.54, 1.807) is 0 Å². The van der Waals surface area contributed by atoms with Crippen molar-refractivity contribution in [1.29, 1.82) is 5.26 Å². The van der Waals surface area contributed by atoms with Crippen LogP contribution < -0.4 is 16.4 Å². The van der Waals surface area contributed by atoms with Gasteiger partial charge in [0.15, 0.2) is 17.3 Å². The van der Waals surface area contributed by atoms with Crippen LogP contribution in [-0.2, 0) is 6.42 Å². The van der Waals surface area contributed by atoms with Crippen molar-refractivity contribution in [2.75, 3.05) is 23.7 Å². The van der Waals surface area contributed by atoms with Crippen LogP contribution in [0.15, 0.2) is 28.9 Å². The van der Waals surface area contributed by atoms with Crippen LogP contribution in [0.3, 0.4) is 0 Å². The van der Waals surface area contributed by atoms with Crippen molar-refractivity contribution in [3.63, 3.8) is 0 Å². The Morgan fingerprint density at radius 2 is 1.96 bits per heavy atom. The Kier molecular flexibility index (Phi) is 3.89. The maximum absolute atomic E-state index is 9.37. The van der Waals surface area contributed by atoms with Crippen LogP contribution in [0.4, 0.5) is 11.6 Å². The zero-order valence-electron chi connectivity index (χ0n) is 13.7. The fraction of sp³-hybridized carbons (Fsp3) is 0.389. The number of nitrogens with two attached hydrogens (primary N) is 2. The molecule has 1 aliphatic heterocycles. The molecule has 2 heterocycles. The van der Waals surface area contributed by atoms with E-state index in [9.17, 15) is 5.26 Å². The Hall–Kier alpha value is -2.17. The van der Waals surface area contributed by atoms with E-state index in [1.165, 1.54) is 11.1 Å². The van der Waals surface area contributed by atoms with Crippen LogP contribution in [-0.4, -0.2) is 23.1 Å². The molecule has 7 heteroatoms. The third-order valence-corrected chi connectivity index (χ3v) is 6.20.